The molecule has 1 aliphatic rings. The summed E-state index contributed by atoms with van der Waals surface area (Å²) < 4.78 is 0. The maximum Gasteiger partial charge on any atom is 0.194 e. The lowest BCUT2D eigenvalue weighted by molar-refractivity contribution is 0.0979. The Labute approximate surface area is 126 Å². The minimum absolute atomic E-state index is 0.173. The lowest BCUT2D eigenvalue weighted by atomic mass is 9.82. The Hall–Kier alpha value is -3.07. The van der Waals surface area contributed by atoms with E-state index in [0.29, 0.717) is 34.1 Å². The summed E-state index contributed by atoms with van der Waals surface area (Å²) in [5.74, 6) is -0.383. The normalized spacial score (nSPS) is 12.9. The van der Waals surface area contributed by atoms with Crippen molar-refractivity contribution in [2.24, 2.45) is 0 Å². The summed E-state index contributed by atoms with van der Waals surface area (Å²) >= 11 is 0. The number of hydrogen-bond donors (Lipinski definition) is 0. The largest absolute Gasteiger partial charge is 0.298 e. The zero-order valence-corrected chi connectivity index (χ0v) is 11.5. The van der Waals surface area contributed by atoms with E-state index in [1.54, 1.807) is 24.3 Å². The monoisotopic (exact) mass is 286 g/mol. The number of carbonyl (C=O) groups excluding carboxylic acids is 3. The molecule has 22 heavy (non-hydrogen) atoms. The van der Waals surface area contributed by atoms with E-state index >= 15 is 0 Å². The molecule has 0 N–H and O–H groups in total. The molecule has 0 atom stereocenters. The van der Waals surface area contributed by atoms with Crippen LogP contribution in [0.1, 0.15) is 42.2 Å². The van der Waals surface area contributed by atoms with E-state index in [4.69, 9.17) is 0 Å². The van der Waals surface area contributed by atoms with Crippen molar-refractivity contribution in [3.63, 3.8) is 0 Å². The zero-order chi connectivity index (χ0) is 15.3. The predicted molar refractivity (Wildman–Crippen MR) is 82.6 cm³/mol. The second kappa shape index (κ2) is 4.46. The molecule has 0 bridgehead atoms. The highest BCUT2D eigenvalue weighted by Gasteiger charge is 2.30. The summed E-state index contributed by atoms with van der Waals surface area (Å²) in [6.07, 6.45) is 0.675. The number of aldehydes is 1. The molecule has 3 aromatic rings. The first-order valence-electron chi connectivity index (χ1n) is 6.90. The Morgan fingerprint density at radius 3 is 1.77 bits per heavy atom. The number of fused-ring (bicyclic) bond motifs is 3. The first-order chi connectivity index (χ1) is 10.7. The highest BCUT2D eigenvalue weighted by Crippen LogP contribution is 2.30. The molecule has 3 heteroatoms. The molecule has 0 saturated heterocycles. The molecule has 0 aromatic heterocycles. The van der Waals surface area contributed by atoms with Gasteiger partial charge in [0.2, 0.25) is 0 Å². The van der Waals surface area contributed by atoms with Crippen LogP contribution in [-0.4, -0.2) is 17.9 Å². The fourth-order valence-electron chi connectivity index (χ4n) is 2.93. The van der Waals surface area contributed by atoms with Gasteiger partial charge in [-0.3, -0.25) is 14.4 Å². The number of benzene rings is 3. The maximum atomic E-state index is 12.7. The van der Waals surface area contributed by atoms with Crippen LogP contribution in [0.2, 0.25) is 0 Å². The third kappa shape index (κ3) is 1.66. The summed E-state index contributed by atoms with van der Waals surface area (Å²) in [4.78, 5) is 36.3. The molecule has 0 aliphatic heterocycles. The molecule has 0 fully saturated rings. The molecule has 0 radical (unpaired) electrons. The van der Waals surface area contributed by atoms with Crippen molar-refractivity contribution < 1.29 is 14.4 Å². The Kier molecular flexibility index (Phi) is 2.57. The van der Waals surface area contributed by atoms with Crippen molar-refractivity contribution in [2.75, 3.05) is 0 Å². The number of carbonyl (C=O) groups is 3. The van der Waals surface area contributed by atoms with Crippen LogP contribution in [0, 0.1) is 0 Å². The Morgan fingerprint density at radius 2 is 1.18 bits per heavy atom. The molecular weight excluding hydrogens is 276 g/mol. The average Bonchev–Trinajstić information content (AvgIpc) is 2.58. The molecule has 1 aliphatic carbocycles. The summed E-state index contributed by atoms with van der Waals surface area (Å²) in [5, 5.41) is 1.84. The van der Waals surface area contributed by atoms with Crippen LogP contribution in [0.5, 0.6) is 0 Å². The minimum Gasteiger partial charge on any atom is -0.298 e. The van der Waals surface area contributed by atoms with Gasteiger partial charge in [0.15, 0.2) is 11.6 Å². The molecule has 4 rings (SSSR count). The Bertz CT molecular complexity index is 983. The van der Waals surface area contributed by atoms with Crippen LogP contribution in [0.4, 0.5) is 0 Å². The van der Waals surface area contributed by atoms with Gasteiger partial charge in [-0.1, -0.05) is 30.3 Å². The van der Waals surface area contributed by atoms with E-state index in [9.17, 15) is 14.4 Å². The second-order valence-electron chi connectivity index (χ2n) is 5.33. The number of rotatable bonds is 1. The minimum atomic E-state index is -0.209. The average molecular weight is 286 g/mol. The number of ketones is 2. The molecular formula is C19H10O3. The lowest BCUT2D eigenvalue weighted by Gasteiger charge is -2.18. The van der Waals surface area contributed by atoms with Crippen molar-refractivity contribution >= 4 is 28.6 Å². The van der Waals surface area contributed by atoms with Crippen LogP contribution in [0.3, 0.4) is 0 Å². The van der Waals surface area contributed by atoms with Crippen molar-refractivity contribution in [1.82, 2.24) is 0 Å². The van der Waals surface area contributed by atoms with Crippen LogP contribution < -0.4 is 0 Å². The van der Waals surface area contributed by atoms with Gasteiger partial charge in [0, 0.05) is 27.8 Å². The molecule has 0 saturated carbocycles. The Morgan fingerprint density at radius 1 is 0.636 bits per heavy atom. The molecule has 104 valence electrons. The highest BCUT2D eigenvalue weighted by atomic mass is 16.1. The van der Waals surface area contributed by atoms with Crippen LogP contribution in [-0.2, 0) is 0 Å². The van der Waals surface area contributed by atoms with Crippen molar-refractivity contribution in [3.05, 3.63) is 82.4 Å². The highest BCUT2D eigenvalue weighted by molar-refractivity contribution is 6.29. The quantitative estimate of drug-likeness (QED) is 0.504. The standard InChI is InChI=1S/C19H10O3/c20-10-11-5-6-14-15(7-11)19(22)17-9-13-4-2-1-3-12(13)8-16(17)18(14)21/h1-10H. The van der Waals surface area contributed by atoms with Crippen molar-refractivity contribution in [1.29, 1.82) is 0 Å². The smallest absolute Gasteiger partial charge is 0.194 e. The van der Waals surface area contributed by atoms with E-state index in [1.807, 2.05) is 24.3 Å². The van der Waals surface area contributed by atoms with Crippen LogP contribution >= 0.6 is 0 Å². The van der Waals surface area contributed by atoms with Gasteiger partial charge in [-0.2, -0.15) is 0 Å². The first-order valence-corrected chi connectivity index (χ1v) is 6.90. The van der Waals surface area contributed by atoms with Gasteiger partial charge in [0.1, 0.15) is 6.29 Å². The molecule has 3 aromatic carbocycles. The van der Waals surface area contributed by atoms with Gasteiger partial charge in [0.25, 0.3) is 0 Å². The summed E-state index contributed by atoms with van der Waals surface area (Å²) in [6, 6.07) is 15.7. The fraction of sp³-hybridized carbons (Fsp3) is 0. The Balaban J connectivity index is 2.03. The maximum absolute atomic E-state index is 12.7. The van der Waals surface area contributed by atoms with Gasteiger partial charge in [-0.15, -0.1) is 0 Å². The van der Waals surface area contributed by atoms with E-state index < -0.39 is 0 Å². The molecule has 3 nitrogen and oxygen atoms in total. The van der Waals surface area contributed by atoms with Crippen LogP contribution in [0.15, 0.2) is 54.6 Å². The second-order valence-corrected chi connectivity index (χ2v) is 5.33. The van der Waals surface area contributed by atoms with E-state index in [0.717, 1.165) is 10.8 Å². The van der Waals surface area contributed by atoms with E-state index in [1.165, 1.54) is 6.07 Å². The molecule has 0 amide bonds. The van der Waals surface area contributed by atoms with Gasteiger partial charge >= 0.3 is 0 Å². The van der Waals surface area contributed by atoms with E-state index in [2.05, 4.69) is 0 Å². The summed E-state index contributed by atoms with van der Waals surface area (Å²) in [7, 11) is 0. The lowest BCUT2D eigenvalue weighted by Crippen LogP contribution is -2.21. The fourth-order valence-corrected chi connectivity index (χ4v) is 2.93. The third-order valence-corrected chi connectivity index (χ3v) is 4.04. The predicted octanol–water partition coefficient (Wildman–Crippen LogP) is 3.43. The van der Waals surface area contributed by atoms with Crippen molar-refractivity contribution in [2.45, 2.75) is 0 Å². The van der Waals surface area contributed by atoms with Gasteiger partial charge in [0.05, 0.1) is 0 Å². The third-order valence-electron chi connectivity index (χ3n) is 4.04. The molecule has 0 unspecified atom stereocenters. The zero-order valence-electron chi connectivity index (χ0n) is 11.5. The van der Waals surface area contributed by atoms with E-state index in [-0.39, 0.29) is 11.6 Å². The molecule has 0 heterocycles. The van der Waals surface area contributed by atoms with Gasteiger partial charge < -0.3 is 0 Å². The van der Waals surface area contributed by atoms with Gasteiger partial charge in [-0.25, -0.2) is 0 Å². The summed E-state index contributed by atoms with van der Waals surface area (Å²) in [5.41, 5.74) is 1.88. The first kappa shape index (κ1) is 12.7. The number of hydrogen-bond acceptors (Lipinski definition) is 3. The summed E-state index contributed by atoms with van der Waals surface area (Å²) in [6.45, 7) is 0. The van der Waals surface area contributed by atoms with Crippen LogP contribution in [0.25, 0.3) is 10.8 Å². The van der Waals surface area contributed by atoms with Crippen molar-refractivity contribution in [3.8, 4) is 0 Å². The SMILES string of the molecule is O=Cc1ccc2c(c1)C(=O)c1cc3ccccc3cc1C2=O. The molecule has 0 spiro atoms. The topological polar surface area (TPSA) is 51.2 Å². The van der Waals surface area contributed by atoms with Gasteiger partial charge in [-0.05, 0) is 35.0 Å².